The van der Waals surface area contributed by atoms with Crippen LogP contribution in [0.15, 0.2) is 46.3 Å². The van der Waals surface area contributed by atoms with Crippen LogP contribution in [0.3, 0.4) is 0 Å². The average molecular weight is 412 g/mol. The molecule has 0 radical (unpaired) electrons. The molecule has 2 N–H and O–H groups in total. The van der Waals surface area contributed by atoms with E-state index in [-0.39, 0.29) is 19.1 Å². The van der Waals surface area contributed by atoms with E-state index in [1.54, 1.807) is 11.3 Å². The maximum atomic E-state index is 12.0. The first-order valence-electron chi connectivity index (χ1n) is 7.45. The summed E-state index contributed by atoms with van der Waals surface area (Å²) in [5, 5.41) is 13.6. The minimum atomic E-state index is -0.885. The van der Waals surface area contributed by atoms with Crippen molar-refractivity contribution in [1.82, 2.24) is 5.32 Å². The molecule has 0 saturated heterocycles. The summed E-state index contributed by atoms with van der Waals surface area (Å²) in [6, 6.07) is 11.0. The summed E-state index contributed by atoms with van der Waals surface area (Å²) < 4.78 is 6.17. The van der Waals surface area contributed by atoms with Gasteiger partial charge in [0, 0.05) is 28.2 Å². The number of benzene rings is 1. The molecule has 128 valence electrons. The van der Waals surface area contributed by atoms with Gasteiger partial charge in [-0.15, -0.1) is 11.3 Å². The predicted molar refractivity (Wildman–Crippen MR) is 96.1 cm³/mol. The zero-order valence-electron chi connectivity index (χ0n) is 12.9. The predicted octanol–water partition coefficient (Wildman–Crippen LogP) is 4.21. The Morgan fingerprint density at radius 2 is 2.00 bits per heavy atom. The van der Waals surface area contributed by atoms with Crippen molar-refractivity contribution in [3.63, 3.8) is 0 Å². The highest BCUT2D eigenvalue weighted by atomic mass is 79.9. The summed E-state index contributed by atoms with van der Waals surface area (Å²) in [6.45, 7) is 0.182. The highest BCUT2D eigenvalue weighted by Crippen LogP contribution is 2.24. The van der Waals surface area contributed by atoms with Gasteiger partial charge in [-0.2, -0.15) is 0 Å². The number of rotatable bonds is 8. The Kier molecular flexibility index (Phi) is 7.27. The summed E-state index contributed by atoms with van der Waals surface area (Å²) in [6.07, 6.45) is 0.362. The monoisotopic (exact) mass is 411 g/mol. The maximum Gasteiger partial charge on any atom is 0.407 e. The number of halogens is 1. The van der Waals surface area contributed by atoms with E-state index in [1.807, 2.05) is 41.8 Å². The molecule has 1 heterocycles. The first-order valence-corrected chi connectivity index (χ1v) is 9.12. The molecule has 1 unspecified atom stereocenters. The molecule has 0 fully saturated rings. The Hall–Kier alpha value is -1.86. The average Bonchev–Trinajstić information content (AvgIpc) is 2.96. The maximum absolute atomic E-state index is 12.0. The van der Waals surface area contributed by atoms with Gasteiger partial charge in [0.25, 0.3) is 0 Å². The Balaban J connectivity index is 1.89. The molecule has 1 amide bonds. The van der Waals surface area contributed by atoms with Gasteiger partial charge >= 0.3 is 12.1 Å². The molecule has 7 heteroatoms. The third-order valence-corrected chi connectivity index (χ3v) is 5.31. The fourth-order valence-electron chi connectivity index (χ4n) is 2.15. The smallest absolute Gasteiger partial charge is 0.407 e. The number of nitrogens with one attached hydrogen (secondary N) is 1. The highest BCUT2D eigenvalue weighted by Gasteiger charge is 2.17. The molecule has 2 aromatic rings. The van der Waals surface area contributed by atoms with Gasteiger partial charge in [-0.05, 0) is 39.4 Å². The van der Waals surface area contributed by atoms with Gasteiger partial charge in [0.05, 0.1) is 0 Å². The number of carboxylic acids is 1. The normalized spacial score (nSPS) is 11.7. The summed E-state index contributed by atoms with van der Waals surface area (Å²) in [5.41, 5.74) is 0.899. The van der Waals surface area contributed by atoms with Gasteiger partial charge < -0.3 is 15.2 Å². The Labute approximate surface area is 152 Å². The molecule has 5 nitrogen and oxygen atoms in total. The largest absolute Gasteiger partial charge is 0.481 e. The van der Waals surface area contributed by atoms with Gasteiger partial charge in [-0.3, -0.25) is 4.79 Å². The van der Waals surface area contributed by atoms with Gasteiger partial charge in [0.15, 0.2) is 0 Å². The number of thiophene rings is 1. The van der Waals surface area contributed by atoms with E-state index in [9.17, 15) is 9.59 Å². The summed E-state index contributed by atoms with van der Waals surface area (Å²) in [4.78, 5) is 23.9. The van der Waals surface area contributed by atoms with Crippen LogP contribution < -0.4 is 5.32 Å². The lowest BCUT2D eigenvalue weighted by Crippen LogP contribution is -2.37. The van der Waals surface area contributed by atoms with E-state index in [0.29, 0.717) is 12.8 Å². The number of carboxylic acid groups (broad SMARTS) is 1. The Morgan fingerprint density at radius 1 is 1.25 bits per heavy atom. The number of carbonyl (C=O) groups is 2. The van der Waals surface area contributed by atoms with E-state index in [4.69, 9.17) is 9.84 Å². The van der Waals surface area contributed by atoms with Crippen molar-refractivity contribution in [1.29, 1.82) is 0 Å². The van der Waals surface area contributed by atoms with Crippen LogP contribution in [0.4, 0.5) is 4.79 Å². The van der Waals surface area contributed by atoms with Crippen molar-refractivity contribution in [2.75, 3.05) is 0 Å². The lowest BCUT2D eigenvalue weighted by molar-refractivity contribution is -0.137. The van der Waals surface area contributed by atoms with E-state index < -0.39 is 12.1 Å². The Bertz CT molecular complexity index is 674. The standard InChI is InChI=1S/C17H18BrNO4S/c18-14-8-9-24-15(14)10-13(6-7-16(20)21)19-17(22)23-11-12-4-2-1-3-5-12/h1-5,8-9,13H,6-7,10-11H2,(H,19,22)(H,20,21). The van der Waals surface area contributed by atoms with E-state index in [2.05, 4.69) is 21.2 Å². The van der Waals surface area contributed by atoms with Crippen LogP contribution >= 0.6 is 27.3 Å². The van der Waals surface area contributed by atoms with Crippen LogP contribution in [0, 0.1) is 0 Å². The molecule has 1 atom stereocenters. The van der Waals surface area contributed by atoms with Crippen molar-refractivity contribution >= 4 is 39.3 Å². The Morgan fingerprint density at radius 3 is 2.62 bits per heavy atom. The molecule has 0 aliphatic rings. The van der Waals surface area contributed by atoms with Crippen molar-refractivity contribution in [2.24, 2.45) is 0 Å². The minimum Gasteiger partial charge on any atom is -0.481 e. The topological polar surface area (TPSA) is 75.6 Å². The quantitative estimate of drug-likeness (QED) is 0.681. The van der Waals surface area contributed by atoms with Crippen LogP contribution in [0.25, 0.3) is 0 Å². The van der Waals surface area contributed by atoms with E-state index in [1.165, 1.54) is 0 Å². The molecule has 2 rings (SSSR count). The van der Waals surface area contributed by atoms with Crippen molar-refractivity contribution in [2.45, 2.75) is 31.9 Å². The second-order valence-corrected chi connectivity index (χ2v) is 7.09. The van der Waals surface area contributed by atoms with Crippen molar-refractivity contribution in [3.8, 4) is 0 Å². The minimum absolute atomic E-state index is 0.00732. The van der Waals surface area contributed by atoms with Crippen LogP contribution in [0.5, 0.6) is 0 Å². The molecule has 0 saturated carbocycles. The first kappa shape index (κ1) is 18.5. The van der Waals surface area contributed by atoms with Gasteiger partial charge in [0.2, 0.25) is 0 Å². The van der Waals surface area contributed by atoms with E-state index in [0.717, 1.165) is 14.9 Å². The van der Waals surface area contributed by atoms with Gasteiger partial charge in [-0.25, -0.2) is 4.79 Å². The van der Waals surface area contributed by atoms with Crippen molar-refractivity contribution in [3.05, 3.63) is 56.7 Å². The second kappa shape index (κ2) is 9.44. The molecule has 0 aliphatic carbocycles. The number of aliphatic carboxylic acids is 1. The number of hydrogen-bond acceptors (Lipinski definition) is 4. The van der Waals surface area contributed by atoms with Crippen LogP contribution in [0.1, 0.15) is 23.3 Å². The number of carbonyl (C=O) groups excluding carboxylic acids is 1. The third-order valence-electron chi connectivity index (χ3n) is 3.36. The zero-order valence-corrected chi connectivity index (χ0v) is 15.3. The molecule has 1 aromatic heterocycles. The van der Waals surface area contributed by atoms with Crippen molar-refractivity contribution < 1.29 is 19.4 Å². The molecule has 1 aromatic carbocycles. The van der Waals surface area contributed by atoms with Gasteiger partial charge in [0.1, 0.15) is 6.61 Å². The summed E-state index contributed by atoms with van der Waals surface area (Å²) in [7, 11) is 0. The fraction of sp³-hybridized carbons (Fsp3) is 0.294. The lowest BCUT2D eigenvalue weighted by Gasteiger charge is -2.17. The third kappa shape index (κ3) is 6.33. The molecule has 24 heavy (non-hydrogen) atoms. The first-order chi connectivity index (χ1) is 11.5. The highest BCUT2D eigenvalue weighted by molar-refractivity contribution is 9.10. The van der Waals surface area contributed by atoms with Crippen LogP contribution in [-0.4, -0.2) is 23.2 Å². The molecule has 0 bridgehead atoms. The fourth-order valence-corrected chi connectivity index (χ4v) is 3.74. The van der Waals surface area contributed by atoms with Gasteiger partial charge in [-0.1, -0.05) is 30.3 Å². The molecular weight excluding hydrogens is 394 g/mol. The zero-order chi connectivity index (χ0) is 17.4. The van der Waals surface area contributed by atoms with Crippen LogP contribution in [-0.2, 0) is 22.6 Å². The molecular formula is C17H18BrNO4S. The van der Waals surface area contributed by atoms with E-state index >= 15 is 0 Å². The lowest BCUT2D eigenvalue weighted by atomic mass is 10.1. The molecule has 0 aliphatic heterocycles. The van der Waals surface area contributed by atoms with Crippen LogP contribution in [0.2, 0.25) is 0 Å². The summed E-state index contributed by atoms with van der Waals surface area (Å²) >= 11 is 5.02. The second-order valence-electron chi connectivity index (χ2n) is 5.23. The number of alkyl carbamates (subject to hydrolysis) is 1. The number of amides is 1. The number of hydrogen-bond donors (Lipinski definition) is 2. The summed E-state index contributed by atoms with van der Waals surface area (Å²) in [5.74, 6) is -0.885. The number of ether oxygens (including phenoxy) is 1. The SMILES string of the molecule is O=C(O)CCC(Cc1sccc1Br)NC(=O)OCc1ccccc1. The molecule has 0 spiro atoms.